The molecule has 0 spiro atoms. The highest BCUT2D eigenvalue weighted by Gasteiger charge is 2.31. The standard InChI is InChI=1S/C24H22F3N4O3PS/c1-4-36(28,34)21-11-17(15-6-9-19(10-7-15)35(2,3)33)13-29-22(21)31-23(32)20-12-18(24(25,26)27)8-5-16(20)14-30-31/h5-14,28H,4H2,1-3H3. The van der Waals surface area contributed by atoms with Crippen molar-refractivity contribution < 1.29 is 21.9 Å². The molecule has 4 aromatic rings. The van der Waals surface area contributed by atoms with Crippen LogP contribution in [0, 0.1) is 4.78 Å². The van der Waals surface area contributed by atoms with Crippen LogP contribution in [0.1, 0.15) is 12.5 Å². The monoisotopic (exact) mass is 534 g/mol. The summed E-state index contributed by atoms with van der Waals surface area (Å²) in [5, 5.41) is 4.69. The van der Waals surface area contributed by atoms with Crippen molar-refractivity contribution in [1.29, 1.82) is 4.78 Å². The van der Waals surface area contributed by atoms with E-state index in [0.29, 0.717) is 16.4 Å². The second-order valence-corrected chi connectivity index (χ2v) is 14.2. The van der Waals surface area contributed by atoms with E-state index >= 15 is 0 Å². The van der Waals surface area contributed by atoms with Gasteiger partial charge in [0.05, 0.1) is 31.8 Å². The van der Waals surface area contributed by atoms with Crippen molar-refractivity contribution in [3.05, 3.63) is 76.8 Å². The number of aromatic nitrogens is 3. The quantitative estimate of drug-likeness (QED) is 0.357. The van der Waals surface area contributed by atoms with Gasteiger partial charge in [0.15, 0.2) is 5.82 Å². The molecule has 0 saturated heterocycles. The van der Waals surface area contributed by atoms with Crippen molar-refractivity contribution in [2.24, 2.45) is 0 Å². The number of pyridine rings is 1. The van der Waals surface area contributed by atoms with Gasteiger partial charge in [-0.15, -0.1) is 0 Å². The number of hydrogen-bond donors (Lipinski definition) is 1. The first-order valence-corrected chi connectivity index (χ1v) is 15.1. The van der Waals surface area contributed by atoms with Crippen LogP contribution in [0.15, 0.2) is 70.6 Å². The average Bonchev–Trinajstić information content (AvgIpc) is 2.83. The molecule has 0 saturated carbocycles. The zero-order chi connectivity index (χ0) is 26.5. The third-order valence-corrected chi connectivity index (χ3v) is 9.10. The molecule has 2 aromatic heterocycles. The Morgan fingerprint density at radius 3 is 2.28 bits per heavy atom. The molecule has 0 aliphatic heterocycles. The predicted molar refractivity (Wildman–Crippen MR) is 134 cm³/mol. The van der Waals surface area contributed by atoms with E-state index in [-0.39, 0.29) is 27.2 Å². The first-order chi connectivity index (χ1) is 16.7. The largest absolute Gasteiger partial charge is 0.416 e. The number of nitrogens with one attached hydrogen (secondary N) is 1. The lowest BCUT2D eigenvalue weighted by atomic mass is 10.1. The Balaban J connectivity index is 1.92. The summed E-state index contributed by atoms with van der Waals surface area (Å²) in [7, 11) is -5.89. The van der Waals surface area contributed by atoms with Crippen molar-refractivity contribution in [2.45, 2.75) is 18.0 Å². The first-order valence-electron chi connectivity index (χ1n) is 10.7. The maximum absolute atomic E-state index is 13.2. The molecule has 7 nitrogen and oxygen atoms in total. The van der Waals surface area contributed by atoms with Crippen LogP contribution in [0.2, 0.25) is 0 Å². The summed E-state index contributed by atoms with van der Waals surface area (Å²) in [6.07, 6.45) is -2.02. The van der Waals surface area contributed by atoms with Crippen molar-refractivity contribution in [2.75, 3.05) is 19.1 Å². The highest BCUT2D eigenvalue weighted by Crippen LogP contribution is 2.35. The van der Waals surface area contributed by atoms with E-state index in [1.54, 1.807) is 44.5 Å². The van der Waals surface area contributed by atoms with E-state index < -0.39 is 34.2 Å². The fourth-order valence-electron chi connectivity index (χ4n) is 3.63. The number of nitrogens with zero attached hydrogens (tertiary/aromatic N) is 3. The summed E-state index contributed by atoms with van der Waals surface area (Å²) < 4.78 is 74.3. The smallest absolute Gasteiger partial charge is 0.319 e. The van der Waals surface area contributed by atoms with E-state index in [2.05, 4.69) is 10.1 Å². The van der Waals surface area contributed by atoms with Gasteiger partial charge in [-0.25, -0.2) is 14.0 Å². The summed E-state index contributed by atoms with van der Waals surface area (Å²) >= 11 is 0. The van der Waals surface area contributed by atoms with Gasteiger partial charge in [0, 0.05) is 28.2 Å². The molecule has 0 aliphatic rings. The number of hydrogen-bond acceptors (Lipinski definition) is 6. The third kappa shape index (κ3) is 4.85. The second-order valence-electron chi connectivity index (χ2n) is 8.57. The lowest BCUT2D eigenvalue weighted by Gasteiger charge is -2.15. The molecule has 0 fully saturated rings. The van der Waals surface area contributed by atoms with Crippen molar-refractivity contribution >= 4 is 32.9 Å². The summed E-state index contributed by atoms with van der Waals surface area (Å²) in [4.78, 5) is 17.4. The fourth-order valence-corrected chi connectivity index (χ4v) is 5.56. The Morgan fingerprint density at radius 1 is 1.03 bits per heavy atom. The van der Waals surface area contributed by atoms with Crippen molar-refractivity contribution in [3.8, 4) is 16.9 Å². The third-order valence-electron chi connectivity index (χ3n) is 5.73. The summed E-state index contributed by atoms with van der Waals surface area (Å²) in [6.45, 7) is 4.85. The maximum atomic E-state index is 13.2. The van der Waals surface area contributed by atoms with Gasteiger partial charge in [-0.1, -0.05) is 37.3 Å². The molecule has 1 atom stereocenters. The van der Waals surface area contributed by atoms with Crippen LogP contribution in [0.3, 0.4) is 0 Å². The molecule has 36 heavy (non-hydrogen) atoms. The van der Waals surface area contributed by atoms with Crippen LogP contribution in [-0.2, 0) is 20.5 Å². The first kappa shape index (κ1) is 25.8. The normalized spacial score (nSPS) is 14.1. The Bertz CT molecular complexity index is 1690. The van der Waals surface area contributed by atoms with Crippen LogP contribution in [0.4, 0.5) is 13.2 Å². The number of halogens is 3. The Morgan fingerprint density at radius 2 is 1.69 bits per heavy atom. The molecule has 1 N–H and O–H groups in total. The van der Waals surface area contributed by atoms with E-state index in [0.717, 1.165) is 22.9 Å². The number of alkyl halides is 3. The predicted octanol–water partition coefficient (Wildman–Crippen LogP) is 5.14. The molecule has 2 heterocycles. The topological polar surface area (TPSA) is 106 Å². The van der Waals surface area contributed by atoms with Gasteiger partial charge in [-0.05, 0) is 37.1 Å². The molecule has 0 aliphatic carbocycles. The minimum atomic E-state index is -4.64. The van der Waals surface area contributed by atoms with E-state index in [9.17, 15) is 26.7 Å². The maximum Gasteiger partial charge on any atom is 0.416 e. The summed E-state index contributed by atoms with van der Waals surface area (Å²) in [6, 6.07) is 11.1. The number of fused-ring (bicyclic) bond motifs is 1. The van der Waals surface area contributed by atoms with Gasteiger partial charge in [0.2, 0.25) is 0 Å². The van der Waals surface area contributed by atoms with Crippen LogP contribution in [-0.4, -0.2) is 38.1 Å². The minimum Gasteiger partial charge on any atom is -0.319 e. The SMILES string of the molecule is CCS(=N)(=O)c1cc(-c2ccc(P(C)(C)=O)cc2)cnc1-n1ncc2ccc(C(F)(F)F)cc2c1=O. The van der Waals surface area contributed by atoms with Gasteiger partial charge >= 0.3 is 6.18 Å². The highest BCUT2D eigenvalue weighted by molar-refractivity contribution is 7.92. The van der Waals surface area contributed by atoms with Crippen LogP contribution in [0.25, 0.3) is 27.7 Å². The van der Waals surface area contributed by atoms with Crippen LogP contribution in [0.5, 0.6) is 0 Å². The van der Waals surface area contributed by atoms with Crippen LogP contribution < -0.4 is 10.9 Å². The van der Waals surface area contributed by atoms with Crippen molar-refractivity contribution in [3.63, 3.8) is 0 Å². The highest BCUT2D eigenvalue weighted by atomic mass is 32.2. The molecule has 4 rings (SSSR count). The second kappa shape index (κ2) is 8.97. The van der Waals surface area contributed by atoms with Crippen LogP contribution >= 0.6 is 7.14 Å². The Kier molecular flexibility index (Phi) is 6.43. The molecular formula is C24H22F3N4O3PS. The lowest BCUT2D eigenvalue weighted by molar-refractivity contribution is -0.137. The van der Waals surface area contributed by atoms with Gasteiger partial charge in [-0.3, -0.25) is 4.79 Å². The lowest BCUT2D eigenvalue weighted by Crippen LogP contribution is -2.24. The molecule has 0 bridgehead atoms. The summed E-state index contributed by atoms with van der Waals surface area (Å²) in [5.41, 5.74) is -0.702. The van der Waals surface area contributed by atoms with E-state index in [1.807, 2.05) is 0 Å². The zero-order valence-corrected chi connectivity index (χ0v) is 21.2. The molecule has 0 radical (unpaired) electrons. The van der Waals surface area contributed by atoms with Gasteiger partial charge in [0.25, 0.3) is 5.56 Å². The van der Waals surface area contributed by atoms with E-state index in [1.165, 1.54) is 18.5 Å². The van der Waals surface area contributed by atoms with E-state index in [4.69, 9.17) is 4.78 Å². The Labute approximate surface area is 205 Å². The van der Waals surface area contributed by atoms with Crippen molar-refractivity contribution in [1.82, 2.24) is 14.8 Å². The average molecular weight is 535 g/mol. The molecule has 0 amide bonds. The van der Waals surface area contributed by atoms with Gasteiger partial charge in [0.1, 0.15) is 7.14 Å². The number of rotatable bonds is 5. The zero-order valence-electron chi connectivity index (χ0n) is 19.5. The molecule has 1 unspecified atom stereocenters. The Hall–Kier alpha value is -3.30. The van der Waals surface area contributed by atoms with Gasteiger partial charge < -0.3 is 4.57 Å². The van der Waals surface area contributed by atoms with Gasteiger partial charge in [-0.2, -0.15) is 23.0 Å². The molecule has 188 valence electrons. The minimum absolute atomic E-state index is 0.0656. The molecule has 2 aromatic carbocycles. The molecule has 12 heteroatoms. The molecular weight excluding hydrogens is 512 g/mol. The summed E-state index contributed by atoms with van der Waals surface area (Å²) in [5.74, 6) is -0.271. The fraction of sp³-hybridized carbons (Fsp3) is 0.208. The number of benzene rings is 2.